The van der Waals surface area contributed by atoms with E-state index in [1.807, 2.05) is 56.5 Å². The highest BCUT2D eigenvalue weighted by molar-refractivity contribution is 8.00. The zero-order valence-electron chi connectivity index (χ0n) is 19.4. The number of ether oxygens (including phenoxy) is 2. The lowest BCUT2D eigenvalue weighted by Gasteiger charge is -2.19. The molecule has 172 valence electrons. The van der Waals surface area contributed by atoms with Crippen molar-refractivity contribution in [3.63, 3.8) is 0 Å². The van der Waals surface area contributed by atoms with Crippen LogP contribution in [0.3, 0.4) is 0 Å². The summed E-state index contributed by atoms with van der Waals surface area (Å²) in [7, 11) is 1.63. The average molecular weight is 476 g/mol. The number of thiazole rings is 1. The van der Waals surface area contributed by atoms with E-state index >= 15 is 0 Å². The van der Waals surface area contributed by atoms with Gasteiger partial charge in [-0.2, -0.15) is 0 Å². The standard InChI is InChI=1S/C22H29N5O3S2/c1-12(2)27-19(14(4)30-18-10-8-17(29-7)9-11-18)25-26-22(27)32-16(6)20(28)24-21-23-13(3)15(5)31-21/h8-12,14,16H,1-7H3,(H,23,24,28). The van der Waals surface area contributed by atoms with E-state index in [-0.39, 0.29) is 23.3 Å². The predicted molar refractivity (Wildman–Crippen MR) is 128 cm³/mol. The lowest BCUT2D eigenvalue weighted by molar-refractivity contribution is -0.115. The topological polar surface area (TPSA) is 91.2 Å². The Balaban J connectivity index is 1.72. The molecule has 1 aromatic carbocycles. The average Bonchev–Trinajstić information content (AvgIpc) is 3.31. The van der Waals surface area contributed by atoms with Crippen molar-refractivity contribution in [2.45, 2.75) is 64.1 Å². The van der Waals surface area contributed by atoms with Gasteiger partial charge in [0.05, 0.1) is 18.1 Å². The van der Waals surface area contributed by atoms with Crippen LogP contribution < -0.4 is 14.8 Å². The molecule has 0 aliphatic rings. The second kappa shape index (κ2) is 10.4. The van der Waals surface area contributed by atoms with Gasteiger partial charge in [-0.15, -0.1) is 21.5 Å². The van der Waals surface area contributed by atoms with Crippen LogP contribution in [0.25, 0.3) is 0 Å². The van der Waals surface area contributed by atoms with E-state index in [1.54, 1.807) is 7.11 Å². The number of carbonyl (C=O) groups excluding carboxylic acids is 1. The molecule has 2 unspecified atom stereocenters. The van der Waals surface area contributed by atoms with Crippen LogP contribution in [0.5, 0.6) is 11.5 Å². The molecule has 1 N–H and O–H groups in total. The monoisotopic (exact) mass is 475 g/mol. The number of anilines is 1. The van der Waals surface area contributed by atoms with Gasteiger partial charge in [-0.1, -0.05) is 11.8 Å². The number of nitrogens with zero attached hydrogens (tertiary/aromatic N) is 4. The van der Waals surface area contributed by atoms with Crippen molar-refractivity contribution in [3.8, 4) is 11.5 Å². The van der Waals surface area contributed by atoms with Gasteiger partial charge in [0.15, 0.2) is 22.2 Å². The first-order chi connectivity index (χ1) is 15.2. The lowest BCUT2D eigenvalue weighted by Crippen LogP contribution is -2.23. The van der Waals surface area contributed by atoms with E-state index in [2.05, 4.69) is 34.3 Å². The summed E-state index contributed by atoms with van der Waals surface area (Å²) in [5.74, 6) is 2.07. The fourth-order valence-corrected chi connectivity index (χ4v) is 4.79. The van der Waals surface area contributed by atoms with Gasteiger partial charge in [0, 0.05) is 10.9 Å². The van der Waals surface area contributed by atoms with Crippen molar-refractivity contribution in [1.82, 2.24) is 19.7 Å². The maximum atomic E-state index is 12.7. The zero-order valence-corrected chi connectivity index (χ0v) is 21.0. The fraction of sp³-hybridized carbons (Fsp3) is 0.455. The number of hydrogen-bond acceptors (Lipinski definition) is 8. The van der Waals surface area contributed by atoms with Crippen molar-refractivity contribution in [1.29, 1.82) is 0 Å². The number of hydrogen-bond donors (Lipinski definition) is 1. The largest absolute Gasteiger partial charge is 0.497 e. The molecule has 0 bridgehead atoms. The van der Waals surface area contributed by atoms with E-state index < -0.39 is 0 Å². The molecule has 2 atom stereocenters. The fourth-order valence-electron chi connectivity index (χ4n) is 2.99. The van der Waals surface area contributed by atoms with Crippen LogP contribution in [-0.4, -0.2) is 38.0 Å². The number of carbonyl (C=O) groups is 1. The number of methoxy groups -OCH3 is 1. The molecule has 0 radical (unpaired) electrons. The van der Waals surface area contributed by atoms with Gasteiger partial charge in [0.25, 0.3) is 0 Å². The van der Waals surface area contributed by atoms with Gasteiger partial charge in [0.2, 0.25) is 5.91 Å². The molecular weight excluding hydrogens is 446 g/mol. The van der Waals surface area contributed by atoms with Gasteiger partial charge in [-0.05, 0) is 65.8 Å². The Morgan fingerprint density at radius 1 is 1.09 bits per heavy atom. The Hall–Kier alpha value is -2.59. The summed E-state index contributed by atoms with van der Waals surface area (Å²) in [5, 5.41) is 12.6. The molecule has 0 saturated carbocycles. The Morgan fingerprint density at radius 2 is 1.75 bits per heavy atom. The number of benzene rings is 1. The summed E-state index contributed by atoms with van der Waals surface area (Å²) in [5.41, 5.74) is 0.931. The van der Waals surface area contributed by atoms with E-state index in [0.717, 1.165) is 16.3 Å². The molecular formula is C22H29N5O3S2. The quantitative estimate of drug-likeness (QED) is 0.425. The predicted octanol–water partition coefficient (Wildman–Crippen LogP) is 5.20. The van der Waals surface area contributed by atoms with Crippen LogP contribution in [0, 0.1) is 13.8 Å². The van der Waals surface area contributed by atoms with Crippen molar-refractivity contribution in [3.05, 3.63) is 40.7 Å². The molecule has 0 spiro atoms. The molecule has 3 aromatic rings. The Labute approximate surface area is 196 Å². The van der Waals surface area contributed by atoms with Gasteiger partial charge in [-0.3, -0.25) is 4.79 Å². The molecule has 2 heterocycles. The summed E-state index contributed by atoms with van der Waals surface area (Å²) >= 11 is 2.84. The van der Waals surface area contributed by atoms with Crippen LogP contribution in [-0.2, 0) is 4.79 Å². The van der Waals surface area contributed by atoms with Gasteiger partial charge in [0.1, 0.15) is 11.5 Å². The van der Waals surface area contributed by atoms with E-state index in [0.29, 0.717) is 21.9 Å². The highest BCUT2D eigenvalue weighted by Crippen LogP contribution is 2.31. The van der Waals surface area contributed by atoms with Crippen molar-refractivity contribution >= 4 is 34.1 Å². The normalized spacial score (nSPS) is 13.1. The molecule has 0 aliphatic carbocycles. The smallest absolute Gasteiger partial charge is 0.239 e. The molecule has 32 heavy (non-hydrogen) atoms. The van der Waals surface area contributed by atoms with Crippen molar-refractivity contribution < 1.29 is 14.3 Å². The van der Waals surface area contributed by atoms with Crippen LogP contribution in [0.1, 0.15) is 56.2 Å². The molecule has 0 aliphatic heterocycles. The highest BCUT2D eigenvalue weighted by Gasteiger charge is 2.25. The minimum Gasteiger partial charge on any atom is -0.497 e. The van der Waals surface area contributed by atoms with Gasteiger partial charge in [-0.25, -0.2) is 4.98 Å². The second-order valence-electron chi connectivity index (χ2n) is 7.65. The number of aryl methyl sites for hydroxylation is 2. The third-order valence-corrected chi connectivity index (χ3v) is 6.90. The van der Waals surface area contributed by atoms with E-state index in [9.17, 15) is 4.79 Å². The molecule has 8 nitrogen and oxygen atoms in total. The summed E-state index contributed by atoms with van der Waals surface area (Å²) < 4.78 is 13.3. The van der Waals surface area contributed by atoms with E-state index in [1.165, 1.54) is 23.1 Å². The number of aromatic nitrogens is 4. The first-order valence-electron chi connectivity index (χ1n) is 10.4. The Kier molecular flexibility index (Phi) is 7.78. The highest BCUT2D eigenvalue weighted by atomic mass is 32.2. The Morgan fingerprint density at radius 3 is 2.31 bits per heavy atom. The number of nitrogens with one attached hydrogen (secondary N) is 1. The minimum atomic E-state index is -0.369. The molecule has 0 saturated heterocycles. The number of amides is 1. The molecule has 10 heteroatoms. The van der Waals surface area contributed by atoms with Crippen LogP contribution in [0.4, 0.5) is 5.13 Å². The first kappa shape index (κ1) is 24.1. The minimum absolute atomic E-state index is 0.101. The zero-order chi connectivity index (χ0) is 23.4. The SMILES string of the molecule is COc1ccc(OC(C)c2nnc(SC(C)C(=O)Nc3nc(C)c(C)s3)n2C(C)C)cc1. The summed E-state index contributed by atoms with van der Waals surface area (Å²) in [6.45, 7) is 11.8. The first-order valence-corrected chi connectivity index (χ1v) is 12.1. The third kappa shape index (κ3) is 5.60. The third-order valence-electron chi connectivity index (χ3n) is 4.85. The summed E-state index contributed by atoms with van der Waals surface area (Å²) in [4.78, 5) is 18.2. The lowest BCUT2D eigenvalue weighted by atomic mass is 10.3. The van der Waals surface area contributed by atoms with Crippen molar-refractivity contribution in [2.24, 2.45) is 0 Å². The van der Waals surface area contributed by atoms with E-state index in [4.69, 9.17) is 9.47 Å². The van der Waals surface area contributed by atoms with Crippen molar-refractivity contribution in [2.75, 3.05) is 12.4 Å². The molecule has 0 fully saturated rings. The maximum absolute atomic E-state index is 12.7. The second-order valence-corrected chi connectivity index (χ2v) is 10.2. The van der Waals surface area contributed by atoms with Crippen LogP contribution >= 0.6 is 23.1 Å². The van der Waals surface area contributed by atoms with Crippen LogP contribution in [0.15, 0.2) is 29.4 Å². The van der Waals surface area contributed by atoms with Gasteiger partial charge >= 0.3 is 0 Å². The molecule has 3 rings (SSSR count). The molecule has 2 aromatic heterocycles. The summed E-state index contributed by atoms with van der Waals surface area (Å²) in [6, 6.07) is 7.51. The number of thioether (sulfide) groups is 1. The summed E-state index contributed by atoms with van der Waals surface area (Å²) in [6.07, 6.45) is -0.321. The maximum Gasteiger partial charge on any atom is 0.239 e. The number of rotatable bonds is 9. The Bertz CT molecular complexity index is 1040. The molecule has 1 amide bonds. The van der Waals surface area contributed by atoms with Gasteiger partial charge < -0.3 is 19.4 Å². The van der Waals surface area contributed by atoms with Crippen LogP contribution in [0.2, 0.25) is 0 Å².